The number of amides is 1. The average molecular weight is 314 g/mol. The Balaban J connectivity index is 2.90. The van der Waals surface area contributed by atoms with Crippen LogP contribution in [-0.2, 0) is 14.3 Å². The van der Waals surface area contributed by atoms with Gasteiger partial charge in [0.15, 0.2) is 0 Å². The monoisotopic (exact) mass is 314 g/mol. The zero-order chi connectivity index (χ0) is 16.0. The molecule has 1 atom stereocenters. The van der Waals surface area contributed by atoms with Crippen LogP contribution in [0.25, 0.3) is 0 Å². The predicted molar refractivity (Wildman–Crippen MR) is 82.8 cm³/mol. The van der Waals surface area contributed by atoms with Gasteiger partial charge in [-0.2, -0.15) is 0 Å². The number of carbonyl (C=O) groups is 2. The number of esters is 1. The van der Waals surface area contributed by atoms with Crippen LogP contribution in [0.5, 0.6) is 0 Å². The lowest BCUT2D eigenvalue weighted by atomic mass is 10.1. The topological polar surface area (TPSA) is 90.7 Å². The standard InChI is InChI=1S/C14H22N2O4S/c1-5-20-14(18)11-8(2)9(3)21-13(11)16-12(17)10(15)6-7-19-4/h10H,5-7,15H2,1-4H3,(H,16,17). The second kappa shape index (κ2) is 8.11. The van der Waals surface area contributed by atoms with Crippen LogP contribution in [0, 0.1) is 13.8 Å². The zero-order valence-electron chi connectivity index (χ0n) is 12.8. The molecule has 0 fully saturated rings. The van der Waals surface area contributed by atoms with E-state index in [0.29, 0.717) is 23.6 Å². The summed E-state index contributed by atoms with van der Waals surface area (Å²) in [4.78, 5) is 25.0. The van der Waals surface area contributed by atoms with E-state index in [2.05, 4.69) is 5.32 Å². The minimum absolute atomic E-state index is 0.286. The summed E-state index contributed by atoms with van der Waals surface area (Å²) in [5, 5.41) is 3.21. The normalized spacial score (nSPS) is 12.0. The highest BCUT2D eigenvalue weighted by Crippen LogP contribution is 2.33. The first kappa shape index (κ1) is 17.6. The van der Waals surface area contributed by atoms with Crippen molar-refractivity contribution in [1.82, 2.24) is 0 Å². The van der Waals surface area contributed by atoms with Crippen molar-refractivity contribution in [2.75, 3.05) is 25.6 Å². The fourth-order valence-electron chi connectivity index (χ4n) is 1.74. The van der Waals surface area contributed by atoms with Gasteiger partial charge < -0.3 is 20.5 Å². The van der Waals surface area contributed by atoms with Crippen molar-refractivity contribution < 1.29 is 19.1 Å². The van der Waals surface area contributed by atoms with Crippen LogP contribution in [0.1, 0.15) is 34.1 Å². The van der Waals surface area contributed by atoms with E-state index in [9.17, 15) is 9.59 Å². The maximum Gasteiger partial charge on any atom is 0.341 e. The molecule has 7 heteroatoms. The van der Waals surface area contributed by atoms with Gasteiger partial charge >= 0.3 is 5.97 Å². The van der Waals surface area contributed by atoms with Crippen molar-refractivity contribution in [2.24, 2.45) is 5.73 Å². The minimum Gasteiger partial charge on any atom is -0.462 e. The van der Waals surface area contributed by atoms with Crippen LogP contribution in [0.3, 0.4) is 0 Å². The van der Waals surface area contributed by atoms with Crippen molar-refractivity contribution in [3.63, 3.8) is 0 Å². The maximum absolute atomic E-state index is 12.0. The molecule has 21 heavy (non-hydrogen) atoms. The molecule has 1 aromatic rings. The predicted octanol–water partition coefficient (Wildman–Crippen LogP) is 1.84. The summed E-state index contributed by atoms with van der Waals surface area (Å²) >= 11 is 1.35. The number of methoxy groups -OCH3 is 1. The minimum atomic E-state index is -0.678. The van der Waals surface area contributed by atoms with Crippen LogP contribution in [0.15, 0.2) is 0 Å². The molecule has 0 saturated heterocycles. The summed E-state index contributed by atoms with van der Waals surface area (Å²) < 4.78 is 9.93. The summed E-state index contributed by atoms with van der Waals surface area (Å²) in [6.07, 6.45) is 0.417. The third-order valence-corrected chi connectivity index (χ3v) is 4.19. The molecule has 0 spiro atoms. The first-order valence-electron chi connectivity index (χ1n) is 6.74. The fraction of sp³-hybridized carbons (Fsp3) is 0.571. The number of rotatable bonds is 7. The van der Waals surface area contributed by atoms with Crippen LogP contribution in [0.4, 0.5) is 5.00 Å². The molecule has 1 aromatic heterocycles. The van der Waals surface area contributed by atoms with Gasteiger partial charge in [0.2, 0.25) is 5.91 Å². The highest BCUT2D eigenvalue weighted by Gasteiger charge is 2.23. The Morgan fingerprint density at radius 2 is 2.05 bits per heavy atom. The van der Waals surface area contributed by atoms with Crippen LogP contribution < -0.4 is 11.1 Å². The molecule has 1 unspecified atom stereocenters. The van der Waals surface area contributed by atoms with Crippen molar-refractivity contribution >= 4 is 28.2 Å². The van der Waals surface area contributed by atoms with Gasteiger partial charge in [0.25, 0.3) is 0 Å². The molecule has 1 heterocycles. The molecule has 0 saturated carbocycles. The summed E-state index contributed by atoms with van der Waals surface area (Å²) in [6, 6.07) is -0.678. The lowest BCUT2D eigenvalue weighted by Gasteiger charge is -2.12. The molecule has 3 N–H and O–H groups in total. The van der Waals surface area contributed by atoms with E-state index in [-0.39, 0.29) is 12.5 Å². The van der Waals surface area contributed by atoms with Gasteiger partial charge in [-0.05, 0) is 32.8 Å². The van der Waals surface area contributed by atoms with Gasteiger partial charge in [0.05, 0.1) is 18.2 Å². The first-order chi connectivity index (χ1) is 9.92. The number of aryl methyl sites for hydroxylation is 1. The Kier molecular flexibility index (Phi) is 6.80. The second-order valence-electron chi connectivity index (χ2n) is 4.59. The highest BCUT2D eigenvalue weighted by atomic mass is 32.1. The quantitative estimate of drug-likeness (QED) is 0.749. The Hall–Kier alpha value is -1.44. The molecule has 1 rings (SSSR count). The summed E-state index contributed by atoms with van der Waals surface area (Å²) in [6.45, 7) is 6.16. The molecule has 6 nitrogen and oxygen atoms in total. The summed E-state index contributed by atoms with van der Waals surface area (Å²) in [7, 11) is 1.55. The lowest BCUT2D eigenvalue weighted by Crippen LogP contribution is -2.36. The number of ether oxygens (including phenoxy) is 2. The molecular weight excluding hydrogens is 292 g/mol. The number of nitrogens with two attached hydrogens (primary N) is 1. The maximum atomic E-state index is 12.0. The van der Waals surface area contributed by atoms with Gasteiger partial charge in [0.1, 0.15) is 5.00 Å². The van der Waals surface area contributed by atoms with Crippen molar-refractivity contribution in [2.45, 2.75) is 33.2 Å². The summed E-state index contributed by atoms with van der Waals surface area (Å²) in [5.74, 6) is -0.765. The Morgan fingerprint density at radius 1 is 1.38 bits per heavy atom. The largest absolute Gasteiger partial charge is 0.462 e. The van der Waals surface area contributed by atoms with E-state index in [1.165, 1.54) is 11.3 Å². The van der Waals surface area contributed by atoms with E-state index in [0.717, 1.165) is 10.4 Å². The number of thiophene rings is 1. The third kappa shape index (κ3) is 4.52. The molecular formula is C14H22N2O4S. The SMILES string of the molecule is CCOC(=O)c1c(NC(=O)C(N)CCOC)sc(C)c1C. The molecule has 0 bridgehead atoms. The molecule has 0 aliphatic heterocycles. The lowest BCUT2D eigenvalue weighted by molar-refractivity contribution is -0.117. The average Bonchev–Trinajstić information content (AvgIpc) is 2.71. The van der Waals surface area contributed by atoms with E-state index in [4.69, 9.17) is 15.2 Å². The van der Waals surface area contributed by atoms with Crippen molar-refractivity contribution in [3.05, 3.63) is 16.0 Å². The zero-order valence-corrected chi connectivity index (χ0v) is 13.6. The van der Waals surface area contributed by atoms with Crippen molar-refractivity contribution in [3.8, 4) is 0 Å². The Labute approximate surface area is 128 Å². The Morgan fingerprint density at radius 3 is 2.62 bits per heavy atom. The third-order valence-electron chi connectivity index (χ3n) is 3.07. The highest BCUT2D eigenvalue weighted by molar-refractivity contribution is 7.16. The van der Waals surface area contributed by atoms with E-state index < -0.39 is 12.0 Å². The van der Waals surface area contributed by atoms with E-state index in [1.807, 2.05) is 13.8 Å². The van der Waals surface area contributed by atoms with Crippen LogP contribution in [0.2, 0.25) is 0 Å². The molecule has 0 aromatic carbocycles. The van der Waals surface area contributed by atoms with Gasteiger partial charge in [-0.25, -0.2) is 4.79 Å². The second-order valence-corrected chi connectivity index (χ2v) is 5.81. The molecule has 0 radical (unpaired) electrons. The van der Waals surface area contributed by atoms with Crippen LogP contribution in [-0.4, -0.2) is 38.2 Å². The van der Waals surface area contributed by atoms with Gasteiger partial charge in [-0.15, -0.1) is 11.3 Å². The number of carbonyl (C=O) groups excluding carboxylic acids is 2. The number of nitrogens with one attached hydrogen (secondary N) is 1. The van der Waals surface area contributed by atoms with E-state index in [1.54, 1.807) is 14.0 Å². The Bertz CT molecular complexity index is 513. The fourth-order valence-corrected chi connectivity index (χ4v) is 2.80. The van der Waals surface area contributed by atoms with Gasteiger partial charge in [0, 0.05) is 18.6 Å². The molecule has 118 valence electrons. The molecule has 0 aliphatic carbocycles. The molecule has 1 amide bonds. The number of hydrogen-bond acceptors (Lipinski definition) is 6. The van der Waals surface area contributed by atoms with Gasteiger partial charge in [-0.3, -0.25) is 4.79 Å². The smallest absolute Gasteiger partial charge is 0.341 e. The van der Waals surface area contributed by atoms with Crippen molar-refractivity contribution in [1.29, 1.82) is 0 Å². The van der Waals surface area contributed by atoms with E-state index >= 15 is 0 Å². The molecule has 0 aliphatic rings. The van der Waals surface area contributed by atoms with Gasteiger partial charge in [-0.1, -0.05) is 0 Å². The first-order valence-corrected chi connectivity index (χ1v) is 7.56. The van der Waals surface area contributed by atoms with Crippen LogP contribution >= 0.6 is 11.3 Å². The summed E-state index contributed by atoms with van der Waals surface area (Å²) in [5.41, 5.74) is 7.00. The number of hydrogen-bond donors (Lipinski definition) is 2. The number of anilines is 1.